The van der Waals surface area contributed by atoms with Crippen molar-refractivity contribution in [2.75, 3.05) is 7.11 Å². The van der Waals surface area contributed by atoms with E-state index in [4.69, 9.17) is 4.74 Å². The van der Waals surface area contributed by atoms with Crippen LogP contribution in [0.5, 0.6) is 5.75 Å². The number of carbonyl (C=O) groups is 1. The summed E-state index contributed by atoms with van der Waals surface area (Å²) in [4.78, 5) is 13.3. The number of hydrogen-bond donors (Lipinski definition) is 0. The van der Waals surface area contributed by atoms with Crippen molar-refractivity contribution in [1.29, 1.82) is 0 Å². The highest BCUT2D eigenvalue weighted by Crippen LogP contribution is 2.48. The maximum atomic E-state index is 12.2. The van der Waals surface area contributed by atoms with Crippen molar-refractivity contribution in [2.24, 2.45) is 0 Å². The molecular formula is C18H14O2S2. The van der Waals surface area contributed by atoms with Crippen molar-refractivity contribution in [3.63, 3.8) is 0 Å². The summed E-state index contributed by atoms with van der Waals surface area (Å²) < 4.78 is 6.17. The first-order chi connectivity index (χ1) is 10.8. The van der Waals surface area contributed by atoms with Crippen LogP contribution in [0.25, 0.3) is 4.91 Å². The maximum absolute atomic E-state index is 12.2. The molecule has 110 valence electrons. The Kier molecular flexibility index (Phi) is 4.71. The number of ketones is 1. The molecule has 22 heavy (non-hydrogen) atoms. The van der Waals surface area contributed by atoms with E-state index in [0.29, 0.717) is 5.56 Å². The normalized spacial score (nSPS) is 15.7. The molecule has 0 aliphatic carbocycles. The Balaban J connectivity index is 1.70. The van der Waals surface area contributed by atoms with E-state index in [1.54, 1.807) is 36.7 Å². The lowest BCUT2D eigenvalue weighted by molar-refractivity contribution is 0.104. The average molecular weight is 326 g/mol. The molecule has 0 bridgehead atoms. The van der Waals surface area contributed by atoms with E-state index in [0.717, 1.165) is 20.5 Å². The highest BCUT2D eigenvalue weighted by atomic mass is 32.2. The zero-order chi connectivity index (χ0) is 15.4. The van der Waals surface area contributed by atoms with Crippen molar-refractivity contribution >= 4 is 34.2 Å². The van der Waals surface area contributed by atoms with E-state index in [2.05, 4.69) is 5.41 Å². The summed E-state index contributed by atoms with van der Waals surface area (Å²) in [7, 11) is 1.66. The summed E-state index contributed by atoms with van der Waals surface area (Å²) in [5.74, 6) is 0.884. The number of thioether (sulfide) groups is 2. The van der Waals surface area contributed by atoms with E-state index in [1.807, 2.05) is 54.6 Å². The molecule has 0 aromatic heterocycles. The molecule has 0 saturated carbocycles. The van der Waals surface area contributed by atoms with Gasteiger partial charge in [0, 0.05) is 16.5 Å². The molecule has 0 fully saturated rings. The molecule has 1 aliphatic rings. The predicted octanol–water partition coefficient (Wildman–Crippen LogP) is 5.20. The quantitative estimate of drug-likeness (QED) is 0.570. The average Bonchev–Trinajstić information content (AvgIpc) is 3.04. The van der Waals surface area contributed by atoms with Crippen LogP contribution in [0.1, 0.15) is 15.9 Å². The minimum atomic E-state index is 0.0416. The van der Waals surface area contributed by atoms with Gasteiger partial charge in [0.1, 0.15) is 5.75 Å². The first kappa shape index (κ1) is 15.0. The van der Waals surface area contributed by atoms with Gasteiger partial charge in [0.05, 0.1) is 11.3 Å². The monoisotopic (exact) mass is 326 g/mol. The number of carbonyl (C=O) groups excluding carboxylic acids is 1. The van der Waals surface area contributed by atoms with Gasteiger partial charge in [-0.2, -0.15) is 0 Å². The second-order valence-electron chi connectivity index (χ2n) is 4.62. The lowest BCUT2D eigenvalue weighted by Crippen LogP contribution is -1.93. The smallest absolute Gasteiger partial charge is 0.187 e. The van der Waals surface area contributed by atoms with E-state index in [1.165, 1.54) is 0 Å². The maximum Gasteiger partial charge on any atom is 0.187 e. The number of allylic oxidation sites excluding steroid dienone is 1. The van der Waals surface area contributed by atoms with Gasteiger partial charge in [-0.1, -0.05) is 66.0 Å². The van der Waals surface area contributed by atoms with Crippen molar-refractivity contribution in [1.82, 2.24) is 0 Å². The van der Waals surface area contributed by atoms with Crippen LogP contribution in [0.3, 0.4) is 0 Å². The van der Waals surface area contributed by atoms with Crippen LogP contribution in [0.2, 0.25) is 0 Å². The first-order valence-corrected chi connectivity index (χ1v) is 8.46. The minimum Gasteiger partial charge on any atom is -0.497 e. The summed E-state index contributed by atoms with van der Waals surface area (Å²) in [5, 5.41) is 2.08. The summed E-state index contributed by atoms with van der Waals surface area (Å²) >= 11 is 3.21. The van der Waals surface area contributed by atoms with Crippen LogP contribution in [0.15, 0.2) is 70.3 Å². The van der Waals surface area contributed by atoms with Crippen molar-refractivity contribution in [3.8, 4) is 5.75 Å². The van der Waals surface area contributed by atoms with Crippen molar-refractivity contribution in [2.45, 2.75) is 0 Å². The fourth-order valence-electron chi connectivity index (χ4n) is 2.01. The Morgan fingerprint density at radius 1 is 1.05 bits per heavy atom. The molecule has 4 heteroatoms. The third kappa shape index (κ3) is 3.46. The number of rotatable bonds is 4. The summed E-state index contributed by atoms with van der Waals surface area (Å²) in [6.07, 6.45) is 1.71. The standard InChI is InChI=1S/C18H14O2S2/c1-20-15-9-7-14(8-10-15)17-12-21-18(22-17)11-16(19)13-5-3-2-4-6-13/h2-12H,1H3/b18-11+. The zero-order valence-corrected chi connectivity index (χ0v) is 13.6. The molecule has 0 saturated heterocycles. The van der Waals surface area contributed by atoms with Crippen LogP contribution < -0.4 is 4.74 Å². The van der Waals surface area contributed by atoms with E-state index >= 15 is 0 Å². The third-order valence-electron chi connectivity index (χ3n) is 3.17. The molecule has 0 spiro atoms. The molecule has 0 radical (unpaired) electrons. The fraction of sp³-hybridized carbons (Fsp3) is 0.0556. The van der Waals surface area contributed by atoms with Crippen LogP contribution in [0, 0.1) is 0 Å². The van der Waals surface area contributed by atoms with Crippen molar-refractivity contribution < 1.29 is 9.53 Å². The van der Waals surface area contributed by atoms with Gasteiger partial charge in [0.25, 0.3) is 0 Å². The number of ether oxygens (including phenoxy) is 1. The van der Waals surface area contributed by atoms with Gasteiger partial charge >= 0.3 is 0 Å². The molecule has 1 heterocycles. The largest absolute Gasteiger partial charge is 0.497 e. The molecule has 2 aromatic rings. The Bertz CT molecular complexity index is 731. The van der Waals surface area contributed by atoms with Crippen LogP contribution in [-0.4, -0.2) is 12.9 Å². The highest BCUT2D eigenvalue weighted by Gasteiger charge is 2.15. The molecular weight excluding hydrogens is 312 g/mol. The third-order valence-corrected chi connectivity index (χ3v) is 5.46. The summed E-state index contributed by atoms with van der Waals surface area (Å²) in [5.41, 5.74) is 1.85. The molecule has 0 N–H and O–H groups in total. The van der Waals surface area contributed by atoms with E-state index < -0.39 is 0 Å². The topological polar surface area (TPSA) is 26.3 Å². The zero-order valence-electron chi connectivity index (χ0n) is 12.0. The summed E-state index contributed by atoms with van der Waals surface area (Å²) in [6, 6.07) is 17.3. The lowest BCUT2D eigenvalue weighted by Gasteiger charge is -2.03. The molecule has 3 rings (SSSR count). The Morgan fingerprint density at radius 3 is 2.45 bits per heavy atom. The van der Waals surface area contributed by atoms with Crippen LogP contribution in [0.4, 0.5) is 0 Å². The van der Waals surface area contributed by atoms with Gasteiger partial charge in [-0.15, -0.1) is 0 Å². The molecule has 0 atom stereocenters. The molecule has 2 aromatic carbocycles. The summed E-state index contributed by atoms with van der Waals surface area (Å²) in [6.45, 7) is 0. The number of methoxy groups -OCH3 is 1. The first-order valence-electron chi connectivity index (χ1n) is 6.76. The SMILES string of the molecule is COc1ccc(C2=CS/C(=C\C(=O)c3ccccc3)S2)cc1. The molecule has 1 aliphatic heterocycles. The lowest BCUT2D eigenvalue weighted by atomic mass is 10.1. The van der Waals surface area contributed by atoms with E-state index in [9.17, 15) is 4.79 Å². The van der Waals surface area contributed by atoms with Gasteiger partial charge in [0.15, 0.2) is 5.78 Å². The van der Waals surface area contributed by atoms with Crippen LogP contribution >= 0.6 is 23.5 Å². The van der Waals surface area contributed by atoms with Gasteiger partial charge in [-0.25, -0.2) is 0 Å². The minimum absolute atomic E-state index is 0.0416. The van der Waals surface area contributed by atoms with Gasteiger partial charge in [0.2, 0.25) is 0 Å². The van der Waals surface area contributed by atoms with Gasteiger partial charge in [-0.05, 0) is 23.1 Å². The molecule has 2 nitrogen and oxygen atoms in total. The van der Waals surface area contributed by atoms with Crippen LogP contribution in [-0.2, 0) is 0 Å². The Morgan fingerprint density at radius 2 is 1.77 bits per heavy atom. The Hall–Kier alpha value is -1.91. The fourth-order valence-corrected chi connectivity index (χ4v) is 4.12. The number of hydrogen-bond acceptors (Lipinski definition) is 4. The number of benzene rings is 2. The van der Waals surface area contributed by atoms with Gasteiger partial charge in [-0.3, -0.25) is 4.79 Å². The van der Waals surface area contributed by atoms with E-state index in [-0.39, 0.29) is 5.78 Å². The Labute approximate surface area is 138 Å². The predicted molar refractivity (Wildman–Crippen MR) is 95.0 cm³/mol. The van der Waals surface area contributed by atoms with Gasteiger partial charge < -0.3 is 4.74 Å². The molecule has 0 amide bonds. The second kappa shape index (κ2) is 6.90. The molecule has 0 unspecified atom stereocenters. The highest BCUT2D eigenvalue weighted by molar-refractivity contribution is 8.31. The second-order valence-corrected chi connectivity index (χ2v) is 6.88. The van der Waals surface area contributed by atoms with Crippen molar-refractivity contribution in [3.05, 3.63) is 81.4 Å².